The van der Waals surface area contributed by atoms with Gasteiger partial charge in [-0.3, -0.25) is 0 Å². The number of oxazole rings is 1. The van der Waals surface area contributed by atoms with Crippen molar-refractivity contribution in [1.29, 1.82) is 0 Å². The van der Waals surface area contributed by atoms with Gasteiger partial charge in [0.25, 0.3) is 0 Å². The number of ether oxygens (including phenoxy) is 1. The Labute approximate surface area is 107 Å². The molecule has 0 aliphatic rings. The molecule has 5 heteroatoms. The number of hydrogen-bond donors (Lipinski definition) is 0. The summed E-state index contributed by atoms with van der Waals surface area (Å²) in [4.78, 5) is 15.8. The summed E-state index contributed by atoms with van der Waals surface area (Å²) in [6.45, 7) is 0. The Morgan fingerprint density at radius 3 is 2.95 bits per heavy atom. The molecule has 0 aliphatic heterocycles. The largest absolute Gasteiger partial charge is 0.443 e. The topological polar surface area (TPSA) is 52.3 Å². The lowest BCUT2D eigenvalue weighted by molar-refractivity contribution is 0.0734. The molecular weight excluding hydrogens is 249 g/mol. The molecule has 2 aromatic carbocycles. The van der Waals surface area contributed by atoms with Crippen molar-refractivity contribution in [2.45, 2.75) is 0 Å². The zero-order valence-electron chi connectivity index (χ0n) is 9.67. The number of carbonyl (C=O) groups excluding carboxylic acids is 1. The van der Waals surface area contributed by atoms with Crippen molar-refractivity contribution < 1.29 is 18.3 Å². The van der Waals surface area contributed by atoms with Gasteiger partial charge in [0.05, 0.1) is 5.56 Å². The molecule has 1 heterocycles. The van der Waals surface area contributed by atoms with Crippen LogP contribution in [0.2, 0.25) is 0 Å². The van der Waals surface area contributed by atoms with E-state index in [1.807, 2.05) is 0 Å². The highest BCUT2D eigenvalue weighted by Gasteiger charge is 2.10. The summed E-state index contributed by atoms with van der Waals surface area (Å²) in [5, 5.41) is 0. The highest BCUT2D eigenvalue weighted by molar-refractivity contribution is 5.91. The Bertz CT molecular complexity index is 751. The van der Waals surface area contributed by atoms with Crippen molar-refractivity contribution in [3.05, 3.63) is 60.2 Å². The minimum absolute atomic E-state index is 0.153. The molecule has 0 fully saturated rings. The van der Waals surface area contributed by atoms with Gasteiger partial charge in [-0.25, -0.2) is 14.2 Å². The molecule has 0 radical (unpaired) electrons. The summed E-state index contributed by atoms with van der Waals surface area (Å²) in [7, 11) is 0. The number of nitrogens with zero attached hydrogens (tertiary/aromatic N) is 1. The van der Waals surface area contributed by atoms with Crippen LogP contribution in [0.3, 0.4) is 0 Å². The predicted molar refractivity (Wildman–Crippen MR) is 65.4 cm³/mol. The number of rotatable bonds is 2. The second kappa shape index (κ2) is 4.53. The summed E-state index contributed by atoms with van der Waals surface area (Å²) >= 11 is 0. The maximum absolute atomic E-state index is 13.0. The van der Waals surface area contributed by atoms with Gasteiger partial charge in [-0.15, -0.1) is 0 Å². The van der Waals surface area contributed by atoms with E-state index < -0.39 is 11.8 Å². The summed E-state index contributed by atoms with van der Waals surface area (Å²) in [6.07, 6.45) is 1.31. The third kappa shape index (κ3) is 2.30. The van der Waals surface area contributed by atoms with E-state index in [2.05, 4.69) is 4.98 Å². The quantitative estimate of drug-likeness (QED) is 0.522. The first-order valence-electron chi connectivity index (χ1n) is 5.53. The van der Waals surface area contributed by atoms with E-state index in [1.54, 1.807) is 18.2 Å². The average Bonchev–Trinajstić information content (AvgIpc) is 2.86. The zero-order valence-corrected chi connectivity index (χ0v) is 9.67. The summed E-state index contributed by atoms with van der Waals surface area (Å²) in [6, 6.07) is 10.1. The zero-order chi connectivity index (χ0) is 13.2. The van der Waals surface area contributed by atoms with Gasteiger partial charge in [-0.2, -0.15) is 0 Å². The molecule has 0 atom stereocenters. The van der Waals surface area contributed by atoms with Gasteiger partial charge >= 0.3 is 5.97 Å². The Morgan fingerprint density at radius 1 is 1.21 bits per heavy atom. The first kappa shape index (κ1) is 11.4. The number of benzene rings is 2. The van der Waals surface area contributed by atoms with Gasteiger partial charge in [0.1, 0.15) is 17.1 Å². The lowest BCUT2D eigenvalue weighted by Gasteiger charge is -2.03. The molecular formula is C14H8FNO3. The van der Waals surface area contributed by atoms with Crippen LogP contribution in [0.4, 0.5) is 4.39 Å². The summed E-state index contributed by atoms with van der Waals surface area (Å²) in [5.41, 5.74) is 1.34. The molecule has 94 valence electrons. The first-order valence-corrected chi connectivity index (χ1v) is 5.53. The van der Waals surface area contributed by atoms with Crippen molar-refractivity contribution >= 4 is 17.1 Å². The van der Waals surface area contributed by atoms with Crippen LogP contribution in [0.5, 0.6) is 5.75 Å². The Kier molecular flexibility index (Phi) is 2.72. The SMILES string of the molecule is O=C(Oc1ccc2ocnc2c1)c1cccc(F)c1. The van der Waals surface area contributed by atoms with Gasteiger partial charge in [0.15, 0.2) is 12.0 Å². The second-order valence-corrected chi connectivity index (χ2v) is 3.88. The lowest BCUT2D eigenvalue weighted by Crippen LogP contribution is -2.08. The highest BCUT2D eigenvalue weighted by atomic mass is 19.1. The Morgan fingerprint density at radius 2 is 2.11 bits per heavy atom. The Balaban J connectivity index is 1.86. The maximum Gasteiger partial charge on any atom is 0.343 e. The van der Waals surface area contributed by atoms with Crippen molar-refractivity contribution in [2.24, 2.45) is 0 Å². The first-order chi connectivity index (χ1) is 9.22. The van der Waals surface area contributed by atoms with Gasteiger partial charge in [0.2, 0.25) is 0 Å². The molecule has 3 aromatic rings. The van der Waals surface area contributed by atoms with E-state index in [4.69, 9.17) is 9.15 Å². The molecule has 4 nitrogen and oxygen atoms in total. The van der Waals surface area contributed by atoms with Crippen LogP contribution >= 0.6 is 0 Å². The normalized spacial score (nSPS) is 10.6. The van der Waals surface area contributed by atoms with E-state index in [9.17, 15) is 9.18 Å². The number of carbonyl (C=O) groups is 1. The summed E-state index contributed by atoms with van der Waals surface area (Å²) in [5.74, 6) is -0.778. The third-order valence-corrected chi connectivity index (χ3v) is 2.57. The van der Waals surface area contributed by atoms with Gasteiger partial charge in [-0.05, 0) is 30.3 Å². The van der Waals surface area contributed by atoms with Gasteiger partial charge < -0.3 is 9.15 Å². The fourth-order valence-corrected chi connectivity index (χ4v) is 1.68. The molecule has 0 aliphatic carbocycles. The second-order valence-electron chi connectivity index (χ2n) is 3.88. The molecule has 0 amide bonds. The molecule has 3 rings (SSSR count). The van der Waals surface area contributed by atoms with Gasteiger partial charge in [-0.1, -0.05) is 6.07 Å². The van der Waals surface area contributed by atoms with Crippen LogP contribution in [-0.2, 0) is 0 Å². The van der Waals surface area contributed by atoms with Crippen molar-refractivity contribution in [2.75, 3.05) is 0 Å². The maximum atomic E-state index is 13.0. The molecule has 0 saturated carbocycles. The molecule has 19 heavy (non-hydrogen) atoms. The van der Waals surface area contributed by atoms with E-state index in [0.717, 1.165) is 6.07 Å². The molecule has 0 spiro atoms. The Hall–Kier alpha value is -2.69. The number of fused-ring (bicyclic) bond motifs is 1. The van der Waals surface area contributed by atoms with Crippen molar-refractivity contribution in [3.63, 3.8) is 0 Å². The highest BCUT2D eigenvalue weighted by Crippen LogP contribution is 2.20. The minimum Gasteiger partial charge on any atom is -0.443 e. The predicted octanol–water partition coefficient (Wildman–Crippen LogP) is 3.19. The molecule has 0 bridgehead atoms. The standard InChI is InChI=1S/C14H8FNO3/c15-10-3-1-2-9(6-10)14(17)19-11-4-5-13-12(7-11)16-8-18-13/h1-8H. The van der Waals surface area contributed by atoms with Crippen molar-refractivity contribution in [3.8, 4) is 5.75 Å². The lowest BCUT2D eigenvalue weighted by atomic mass is 10.2. The molecule has 1 aromatic heterocycles. The fourth-order valence-electron chi connectivity index (χ4n) is 1.68. The van der Waals surface area contributed by atoms with Crippen LogP contribution in [0, 0.1) is 5.82 Å². The molecule has 0 N–H and O–H groups in total. The van der Waals surface area contributed by atoms with Crippen LogP contribution in [0.1, 0.15) is 10.4 Å². The summed E-state index contributed by atoms with van der Waals surface area (Å²) < 4.78 is 23.2. The number of aromatic nitrogens is 1. The van der Waals surface area contributed by atoms with Gasteiger partial charge in [0, 0.05) is 6.07 Å². The van der Waals surface area contributed by atoms with E-state index in [0.29, 0.717) is 16.8 Å². The smallest absolute Gasteiger partial charge is 0.343 e. The fraction of sp³-hybridized carbons (Fsp3) is 0. The third-order valence-electron chi connectivity index (χ3n) is 2.57. The van der Waals surface area contributed by atoms with E-state index in [1.165, 1.54) is 24.6 Å². The number of hydrogen-bond acceptors (Lipinski definition) is 4. The van der Waals surface area contributed by atoms with Crippen LogP contribution in [-0.4, -0.2) is 11.0 Å². The van der Waals surface area contributed by atoms with Crippen molar-refractivity contribution in [1.82, 2.24) is 4.98 Å². The van der Waals surface area contributed by atoms with Crippen LogP contribution < -0.4 is 4.74 Å². The average molecular weight is 257 g/mol. The van der Waals surface area contributed by atoms with E-state index in [-0.39, 0.29) is 5.56 Å². The van der Waals surface area contributed by atoms with E-state index >= 15 is 0 Å². The van der Waals surface area contributed by atoms with Crippen LogP contribution in [0.15, 0.2) is 53.3 Å². The monoisotopic (exact) mass is 257 g/mol. The number of esters is 1. The molecule has 0 saturated heterocycles. The van der Waals surface area contributed by atoms with Crippen LogP contribution in [0.25, 0.3) is 11.1 Å². The molecule has 0 unspecified atom stereocenters. The number of halogens is 1. The minimum atomic E-state index is -0.623.